The minimum Gasteiger partial charge on any atom is -0.343 e. The van der Waals surface area contributed by atoms with Crippen molar-refractivity contribution in [1.29, 1.82) is 0 Å². The van der Waals surface area contributed by atoms with E-state index < -0.39 is 0 Å². The quantitative estimate of drug-likeness (QED) is 0.722. The summed E-state index contributed by atoms with van der Waals surface area (Å²) in [6.07, 6.45) is 8.37. The van der Waals surface area contributed by atoms with Crippen molar-refractivity contribution in [3.63, 3.8) is 0 Å². The Balaban J connectivity index is 0.00000110. The molecule has 0 spiro atoms. The second kappa shape index (κ2) is 4.56. The van der Waals surface area contributed by atoms with E-state index in [-0.39, 0.29) is 12.4 Å². The first kappa shape index (κ1) is 12.0. The van der Waals surface area contributed by atoms with E-state index in [0.717, 1.165) is 12.2 Å². The summed E-state index contributed by atoms with van der Waals surface area (Å²) in [5.41, 5.74) is 6.19. The highest BCUT2D eigenvalue weighted by Crippen LogP contribution is 2.35. The molecule has 0 saturated carbocycles. The summed E-state index contributed by atoms with van der Waals surface area (Å²) in [7, 11) is 0. The maximum Gasteiger partial charge on any atom is 0.0700 e. The third kappa shape index (κ3) is 1.85. The number of fused-ring (bicyclic) bond motifs is 4. The highest BCUT2D eigenvalue weighted by molar-refractivity contribution is 5.88. The molecule has 2 nitrogen and oxygen atoms in total. The molecule has 0 aliphatic carbocycles. The monoisotopic (exact) mass is 268 g/mol. The van der Waals surface area contributed by atoms with E-state index in [1.54, 1.807) is 0 Å². The van der Waals surface area contributed by atoms with Crippen LogP contribution in [0.1, 0.15) is 22.4 Å². The lowest BCUT2D eigenvalue weighted by Crippen LogP contribution is -2.22. The van der Waals surface area contributed by atoms with Crippen molar-refractivity contribution < 1.29 is 0 Å². The minimum absolute atomic E-state index is 0. The lowest BCUT2D eigenvalue weighted by Gasteiger charge is -2.32. The van der Waals surface area contributed by atoms with Crippen molar-refractivity contribution in [2.75, 3.05) is 0 Å². The summed E-state index contributed by atoms with van der Waals surface area (Å²) in [5, 5.41) is 0. The molecule has 1 aromatic heterocycles. The molecule has 19 heavy (non-hydrogen) atoms. The third-order valence-corrected chi connectivity index (χ3v) is 3.52. The van der Waals surface area contributed by atoms with Gasteiger partial charge in [0.15, 0.2) is 0 Å². The summed E-state index contributed by atoms with van der Waals surface area (Å²) < 4.78 is 0. The fourth-order valence-electron chi connectivity index (χ4n) is 2.61. The molecule has 0 radical (unpaired) electrons. The molecule has 0 atom stereocenters. The largest absolute Gasteiger partial charge is 0.343 e. The Morgan fingerprint density at radius 1 is 1.05 bits per heavy atom. The van der Waals surface area contributed by atoms with E-state index in [4.69, 9.17) is 0 Å². The normalized spacial score (nSPS) is 14.7. The Kier molecular flexibility index (Phi) is 2.88. The summed E-state index contributed by atoms with van der Waals surface area (Å²) in [6, 6.07) is 12.6. The Labute approximate surface area is 118 Å². The molecular formula is C16H13ClN2. The van der Waals surface area contributed by atoms with Gasteiger partial charge < -0.3 is 4.90 Å². The highest BCUT2D eigenvalue weighted by Gasteiger charge is 2.21. The van der Waals surface area contributed by atoms with Crippen LogP contribution in [0, 0.1) is 0 Å². The van der Waals surface area contributed by atoms with Gasteiger partial charge in [0.1, 0.15) is 0 Å². The Morgan fingerprint density at radius 3 is 2.89 bits per heavy atom. The maximum absolute atomic E-state index is 4.46. The summed E-state index contributed by atoms with van der Waals surface area (Å²) in [4.78, 5) is 6.74. The molecule has 2 aromatic rings. The second-order valence-corrected chi connectivity index (χ2v) is 4.61. The maximum atomic E-state index is 4.46. The van der Waals surface area contributed by atoms with Crippen LogP contribution in [0.4, 0.5) is 0 Å². The van der Waals surface area contributed by atoms with E-state index in [1.165, 1.54) is 22.4 Å². The van der Waals surface area contributed by atoms with Crippen LogP contribution in [0.15, 0.2) is 48.8 Å². The Bertz CT molecular complexity index is 689. The zero-order valence-corrected chi connectivity index (χ0v) is 11.1. The van der Waals surface area contributed by atoms with Gasteiger partial charge in [0.25, 0.3) is 0 Å². The van der Waals surface area contributed by atoms with Crippen molar-refractivity contribution in [3.05, 3.63) is 71.2 Å². The van der Waals surface area contributed by atoms with E-state index >= 15 is 0 Å². The van der Waals surface area contributed by atoms with Crippen LogP contribution in [-0.4, -0.2) is 9.88 Å². The van der Waals surface area contributed by atoms with Gasteiger partial charge in [0.05, 0.1) is 11.4 Å². The van der Waals surface area contributed by atoms with Gasteiger partial charge in [0.2, 0.25) is 0 Å². The highest BCUT2D eigenvalue weighted by atomic mass is 35.5. The number of pyridine rings is 1. The SMILES string of the molecule is C1=CN2Cc3cccnc3C=C2c2ccccc21.Cl. The molecule has 3 heteroatoms. The first-order valence-electron chi connectivity index (χ1n) is 6.12. The van der Waals surface area contributed by atoms with E-state index in [1.807, 2.05) is 12.3 Å². The second-order valence-electron chi connectivity index (χ2n) is 4.61. The van der Waals surface area contributed by atoms with Gasteiger partial charge in [-0.05, 0) is 29.3 Å². The van der Waals surface area contributed by atoms with E-state index in [2.05, 4.69) is 58.6 Å². The van der Waals surface area contributed by atoms with Crippen LogP contribution in [0.5, 0.6) is 0 Å². The van der Waals surface area contributed by atoms with Crippen LogP contribution in [0.2, 0.25) is 0 Å². The molecule has 0 amide bonds. The van der Waals surface area contributed by atoms with Gasteiger partial charge >= 0.3 is 0 Å². The fraction of sp³-hybridized carbons (Fsp3) is 0.0625. The molecule has 1 aromatic carbocycles. The average molecular weight is 269 g/mol. The van der Waals surface area contributed by atoms with E-state index in [9.17, 15) is 0 Å². The molecule has 0 saturated heterocycles. The van der Waals surface area contributed by atoms with Crippen LogP contribution >= 0.6 is 12.4 Å². The summed E-state index contributed by atoms with van der Waals surface area (Å²) in [5.74, 6) is 0. The number of hydrogen-bond donors (Lipinski definition) is 0. The predicted molar refractivity (Wildman–Crippen MR) is 80.4 cm³/mol. The molecular weight excluding hydrogens is 256 g/mol. The van der Waals surface area contributed by atoms with Crippen LogP contribution < -0.4 is 0 Å². The first-order valence-corrected chi connectivity index (χ1v) is 6.12. The predicted octanol–water partition coefficient (Wildman–Crippen LogP) is 3.80. The number of aromatic nitrogens is 1. The van der Waals surface area contributed by atoms with Crippen molar-refractivity contribution in [1.82, 2.24) is 9.88 Å². The van der Waals surface area contributed by atoms with Gasteiger partial charge in [-0.3, -0.25) is 4.98 Å². The van der Waals surface area contributed by atoms with Crippen molar-refractivity contribution in [2.45, 2.75) is 6.54 Å². The molecule has 4 rings (SSSR count). The lowest BCUT2D eigenvalue weighted by molar-refractivity contribution is 0.520. The minimum atomic E-state index is 0. The number of hydrogen-bond acceptors (Lipinski definition) is 2. The molecule has 0 N–H and O–H groups in total. The van der Waals surface area contributed by atoms with Gasteiger partial charge in [-0.1, -0.05) is 30.3 Å². The van der Waals surface area contributed by atoms with Gasteiger partial charge in [-0.15, -0.1) is 12.4 Å². The number of halogens is 1. The lowest BCUT2D eigenvalue weighted by atomic mass is 9.96. The Hall–Kier alpha value is -2.06. The first-order chi connectivity index (χ1) is 8.92. The number of nitrogens with zero attached hydrogens (tertiary/aromatic N) is 2. The third-order valence-electron chi connectivity index (χ3n) is 3.52. The van der Waals surface area contributed by atoms with Crippen molar-refractivity contribution in [2.24, 2.45) is 0 Å². The molecule has 0 bridgehead atoms. The number of rotatable bonds is 0. The Morgan fingerprint density at radius 2 is 1.95 bits per heavy atom. The topological polar surface area (TPSA) is 16.1 Å². The summed E-state index contributed by atoms with van der Waals surface area (Å²) in [6.45, 7) is 0.903. The standard InChI is InChI=1S/C16H12N2.ClH/c1-2-6-14-12(4-1)7-9-18-11-13-5-3-8-17-15(13)10-16(14)18;/h1-10H,11H2;1H. The molecule has 2 aliphatic heterocycles. The van der Waals surface area contributed by atoms with Gasteiger partial charge in [-0.25, -0.2) is 0 Å². The van der Waals surface area contributed by atoms with Crippen LogP contribution in [0.3, 0.4) is 0 Å². The summed E-state index contributed by atoms with van der Waals surface area (Å²) >= 11 is 0. The number of benzene rings is 1. The van der Waals surface area contributed by atoms with E-state index in [0.29, 0.717) is 0 Å². The van der Waals surface area contributed by atoms with Crippen LogP contribution in [0.25, 0.3) is 17.8 Å². The molecule has 0 fully saturated rings. The molecule has 0 unspecified atom stereocenters. The molecule has 94 valence electrons. The van der Waals surface area contributed by atoms with Gasteiger partial charge in [0, 0.05) is 24.5 Å². The molecule has 3 heterocycles. The van der Waals surface area contributed by atoms with Crippen molar-refractivity contribution in [3.8, 4) is 0 Å². The zero-order valence-electron chi connectivity index (χ0n) is 10.3. The van der Waals surface area contributed by atoms with Gasteiger partial charge in [-0.2, -0.15) is 0 Å². The van der Waals surface area contributed by atoms with Crippen LogP contribution in [-0.2, 0) is 6.54 Å². The molecule has 2 aliphatic rings. The average Bonchev–Trinajstić information content (AvgIpc) is 2.45. The fourth-order valence-corrected chi connectivity index (χ4v) is 2.61. The zero-order chi connectivity index (χ0) is 11.9. The smallest absolute Gasteiger partial charge is 0.0700 e. The van der Waals surface area contributed by atoms with Crippen molar-refractivity contribution >= 4 is 30.3 Å².